The maximum atomic E-state index is 12.8. The van der Waals surface area contributed by atoms with Crippen molar-refractivity contribution in [2.75, 3.05) is 28.4 Å². The van der Waals surface area contributed by atoms with Crippen LogP contribution in [-0.2, 0) is 38.1 Å². The minimum atomic E-state index is -1.24. The molecule has 0 aliphatic carbocycles. The molecule has 0 heterocycles. The summed E-state index contributed by atoms with van der Waals surface area (Å²) < 4.78 is 20.3. The molecule has 8 heteroatoms. The Morgan fingerprint density at radius 1 is 0.438 bits per heavy atom. The van der Waals surface area contributed by atoms with Gasteiger partial charge in [-0.25, -0.2) is 0 Å². The van der Waals surface area contributed by atoms with Gasteiger partial charge in [0.25, 0.3) is 0 Å². The fourth-order valence-corrected chi connectivity index (χ4v) is 6.40. The molecule has 0 radical (unpaired) electrons. The van der Waals surface area contributed by atoms with Crippen molar-refractivity contribution in [2.45, 2.75) is 155 Å². The molecule has 0 unspecified atom stereocenters. The lowest BCUT2D eigenvalue weighted by atomic mass is 9.77. The summed E-state index contributed by atoms with van der Waals surface area (Å²) in [4.78, 5) is 51.3. The number of esters is 4. The van der Waals surface area contributed by atoms with Crippen LogP contribution in [0.5, 0.6) is 0 Å². The quantitative estimate of drug-likeness (QED) is 0.0243. The molecule has 276 valence electrons. The number of hydrogen-bond donors (Lipinski definition) is 0. The fraction of sp³-hybridized carbons (Fsp3) is 0.750. The summed E-state index contributed by atoms with van der Waals surface area (Å²) in [5, 5.41) is 0. The average molecular weight is 677 g/mol. The summed E-state index contributed by atoms with van der Waals surface area (Å²) in [6.45, 7) is 11.9. The smallest absolute Gasteiger partial charge is 0.323 e. The Labute approximate surface area is 292 Å². The van der Waals surface area contributed by atoms with Crippen LogP contribution in [0.2, 0.25) is 0 Å². The van der Waals surface area contributed by atoms with Gasteiger partial charge in [0.1, 0.15) is 0 Å². The van der Waals surface area contributed by atoms with Gasteiger partial charge in [-0.05, 0) is 90.9 Å². The van der Waals surface area contributed by atoms with E-state index in [1.54, 1.807) is 0 Å². The number of rotatable bonds is 30. The third-order valence-electron chi connectivity index (χ3n) is 9.33. The number of carbonyl (C=O) groups is 4. The normalized spacial score (nSPS) is 11.7. The van der Waals surface area contributed by atoms with Gasteiger partial charge in [0.15, 0.2) is 10.8 Å². The Bertz CT molecular complexity index is 885. The van der Waals surface area contributed by atoms with Gasteiger partial charge in [0.2, 0.25) is 0 Å². The zero-order valence-electron chi connectivity index (χ0n) is 31.4. The molecule has 0 bridgehead atoms. The van der Waals surface area contributed by atoms with Gasteiger partial charge in [-0.3, -0.25) is 19.2 Å². The molecule has 48 heavy (non-hydrogen) atoms. The summed E-state index contributed by atoms with van der Waals surface area (Å²) in [6, 6.07) is 0. The van der Waals surface area contributed by atoms with E-state index in [2.05, 4.69) is 25.3 Å². The lowest BCUT2D eigenvalue weighted by Crippen LogP contribution is -2.41. The minimum absolute atomic E-state index is 0.426. The molecular formula is C40H68O8. The Morgan fingerprint density at radius 3 is 0.938 bits per heavy atom. The SMILES string of the molecule is C=C(C)CCCCCCC(CCCCC/C=C/CCCCCC(CCCCCCC(=C)C)(C(=O)OC)C(=O)OC)(C(=O)OC)C(=O)OC. The van der Waals surface area contributed by atoms with Gasteiger partial charge in [0.05, 0.1) is 28.4 Å². The van der Waals surface area contributed by atoms with E-state index in [1.165, 1.54) is 39.6 Å². The second-order valence-electron chi connectivity index (χ2n) is 13.5. The van der Waals surface area contributed by atoms with Crippen LogP contribution in [0.4, 0.5) is 0 Å². The third-order valence-corrected chi connectivity index (χ3v) is 9.33. The highest BCUT2D eigenvalue weighted by molar-refractivity contribution is 6.00. The van der Waals surface area contributed by atoms with E-state index in [1.807, 2.05) is 13.8 Å². The molecule has 0 saturated heterocycles. The van der Waals surface area contributed by atoms with Crippen molar-refractivity contribution in [1.82, 2.24) is 0 Å². The Morgan fingerprint density at radius 2 is 0.688 bits per heavy atom. The first-order valence-electron chi connectivity index (χ1n) is 18.2. The molecule has 0 amide bonds. The second-order valence-corrected chi connectivity index (χ2v) is 13.5. The molecule has 0 saturated carbocycles. The van der Waals surface area contributed by atoms with E-state index >= 15 is 0 Å². The second kappa shape index (κ2) is 27.0. The van der Waals surface area contributed by atoms with E-state index in [9.17, 15) is 19.2 Å². The van der Waals surface area contributed by atoms with Gasteiger partial charge < -0.3 is 18.9 Å². The summed E-state index contributed by atoms with van der Waals surface area (Å²) in [6.07, 6.45) is 22.8. The minimum Gasteiger partial charge on any atom is -0.468 e. The molecular weight excluding hydrogens is 608 g/mol. The summed E-state index contributed by atoms with van der Waals surface area (Å²) >= 11 is 0. The van der Waals surface area contributed by atoms with Crippen LogP contribution in [0.15, 0.2) is 36.5 Å². The Hall–Kier alpha value is -2.90. The zero-order valence-corrected chi connectivity index (χ0v) is 31.4. The topological polar surface area (TPSA) is 105 Å². The van der Waals surface area contributed by atoms with E-state index in [0.717, 1.165) is 116 Å². The lowest BCUT2D eigenvalue weighted by Gasteiger charge is -2.28. The van der Waals surface area contributed by atoms with Gasteiger partial charge in [0, 0.05) is 0 Å². The van der Waals surface area contributed by atoms with Crippen molar-refractivity contribution >= 4 is 23.9 Å². The molecule has 8 nitrogen and oxygen atoms in total. The van der Waals surface area contributed by atoms with E-state index in [4.69, 9.17) is 18.9 Å². The van der Waals surface area contributed by atoms with Crippen LogP contribution in [0.1, 0.15) is 155 Å². The van der Waals surface area contributed by atoms with Crippen LogP contribution in [0, 0.1) is 10.8 Å². The van der Waals surface area contributed by atoms with Gasteiger partial charge in [-0.15, -0.1) is 13.2 Å². The standard InChI is InChI=1S/C40H68O8/c1-33(2)27-21-15-19-25-31-39(35(41)45-5,36(42)46-6)29-23-17-13-11-9-10-12-14-18-24-30-40(37(43)47-7,38(44)48-8)32-26-20-16-22-28-34(3)4/h9-10H,1,3,11-32H2,2,4-8H3/b10-9+. The summed E-state index contributed by atoms with van der Waals surface area (Å²) in [5.41, 5.74) is -0.133. The van der Waals surface area contributed by atoms with Gasteiger partial charge in [-0.2, -0.15) is 0 Å². The molecule has 0 spiro atoms. The van der Waals surface area contributed by atoms with Crippen molar-refractivity contribution in [3.63, 3.8) is 0 Å². The molecule has 0 aliphatic rings. The van der Waals surface area contributed by atoms with Gasteiger partial charge >= 0.3 is 23.9 Å². The average Bonchev–Trinajstić information content (AvgIpc) is 3.07. The molecule has 0 aromatic heterocycles. The molecule has 0 fully saturated rings. The van der Waals surface area contributed by atoms with Crippen LogP contribution in [0.3, 0.4) is 0 Å². The molecule has 0 N–H and O–H groups in total. The zero-order chi connectivity index (χ0) is 36.3. The van der Waals surface area contributed by atoms with Crippen molar-refractivity contribution in [2.24, 2.45) is 10.8 Å². The number of ether oxygens (including phenoxy) is 4. The number of unbranched alkanes of at least 4 members (excludes halogenated alkanes) is 12. The van der Waals surface area contributed by atoms with Crippen molar-refractivity contribution in [1.29, 1.82) is 0 Å². The summed E-state index contributed by atoms with van der Waals surface area (Å²) in [5.74, 6) is -2.00. The van der Waals surface area contributed by atoms with Crippen LogP contribution in [-0.4, -0.2) is 52.3 Å². The number of allylic oxidation sites excluding steroid dienone is 4. The van der Waals surface area contributed by atoms with E-state index in [0.29, 0.717) is 25.7 Å². The van der Waals surface area contributed by atoms with E-state index < -0.39 is 34.7 Å². The first-order valence-corrected chi connectivity index (χ1v) is 18.2. The van der Waals surface area contributed by atoms with Crippen LogP contribution >= 0.6 is 0 Å². The predicted octanol–water partition coefficient (Wildman–Crippen LogP) is 9.94. The van der Waals surface area contributed by atoms with E-state index in [-0.39, 0.29) is 0 Å². The molecule has 0 aromatic rings. The van der Waals surface area contributed by atoms with Crippen molar-refractivity contribution < 1.29 is 38.1 Å². The first kappa shape index (κ1) is 45.1. The number of hydrogen-bond acceptors (Lipinski definition) is 8. The molecule has 0 rings (SSSR count). The van der Waals surface area contributed by atoms with Crippen molar-refractivity contribution in [3.05, 3.63) is 36.5 Å². The largest absolute Gasteiger partial charge is 0.468 e. The Kier molecular flexibility index (Phi) is 25.4. The molecule has 0 atom stereocenters. The maximum Gasteiger partial charge on any atom is 0.323 e. The fourth-order valence-electron chi connectivity index (χ4n) is 6.40. The lowest BCUT2D eigenvalue weighted by molar-refractivity contribution is -0.172. The molecule has 0 aromatic carbocycles. The monoisotopic (exact) mass is 676 g/mol. The highest BCUT2D eigenvalue weighted by atomic mass is 16.6. The predicted molar refractivity (Wildman–Crippen MR) is 193 cm³/mol. The highest BCUT2D eigenvalue weighted by Crippen LogP contribution is 2.36. The molecule has 0 aliphatic heterocycles. The Balaban J connectivity index is 4.68. The highest BCUT2D eigenvalue weighted by Gasteiger charge is 2.48. The number of carbonyl (C=O) groups excluding carboxylic acids is 4. The first-order chi connectivity index (χ1) is 23.0. The third kappa shape index (κ3) is 17.5. The van der Waals surface area contributed by atoms with Crippen molar-refractivity contribution in [3.8, 4) is 0 Å². The summed E-state index contributed by atoms with van der Waals surface area (Å²) in [7, 11) is 5.34. The number of methoxy groups -OCH3 is 4. The maximum absolute atomic E-state index is 12.8. The van der Waals surface area contributed by atoms with Crippen LogP contribution in [0.25, 0.3) is 0 Å². The van der Waals surface area contributed by atoms with Gasteiger partial charge in [-0.1, -0.05) is 87.5 Å². The van der Waals surface area contributed by atoms with Crippen LogP contribution < -0.4 is 0 Å².